The molecule has 0 bridgehead atoms. The monoisotopic (exact) mass is 500 g/mol. The van der Waals surface area contributed by atoms with Gasteiger partial charge in [-0.1, -0.05) is 64.8 Å². The van der Waals surface area contributed by atoms with E-state index >= 15 is 0 Å². The van der Waals surface area contributed by atoms with E-state index in [1.165, 1.54) is 7.11 Å². The third-order valence-electron chi connectivity index (χ3n) is 12.6. The fourth-order valence-electron chi connectivity index (χ4n) is 9.81. The number of methoxy groups -OCH3 is 1. The lowest BCUT2D eigenvalue weighted by Crippen LogP contribution is -2.58. The fraction of sp³-hybridized carbons (Fsp3) is 0.844. The molecule has 2 N–H and O–H groups in total. The predicted molar refractivity (Wildman–Crippen MR) is 145 cm³/mol. The maximum absolute atomic E-state index is 12.0. The van der Waals surface area contributed by atoms with Crippen molar-refractivity contribution in [2.24, 2.45) is 45.3 Å². The second-order valence-corrected chi connectivity index (χ2v) is 14.2. The minimum Gasteiger partial charge on any atom is -0.469 e. The Morgan fingerprint density at radius 2 is 1.69 bits per heavy atom. The SMILES string of the molecule is C=C(CC[C@@H](C)[C@H]1CC[C@@]2(C)C3=C(C[C@H](O)[C@]12C)[C@@]1(C)CC[C@@H](O)C(C)(C)[C@@H]1CC3)C(C)C(=O)OC. The van der Waals surface area contributed by atoms with Crippen molar-refractivity contribution in [1.29, 1.82) is 0 Å². The number of ether oxygens (including phenoxy) is 1. The van der Waals surface area contributed by atoms with Crippen molar-refractivity contribution in [3.05, 3.63) is 23.3 Å². The average molecular weight is 501 g/mol. The lowest BCUT2D eigenvalue weighted by atomic mass is 9.42. The van der Waals surface area contributed by atoms with E-state index in [1.54, 1.807) is 11.1 Å². The van der Waals surface area contributed by atoms with Crippen LogP contribution in [0.15, 0.2) is 23.3 Å². The minimum absolute atomic E-state index is 0.0173. The summed E-state index contributed by atoms with van der Waals surface area (Å²) in [5.74, 6) is 0.881. The molecule has 0 aromatic heterocycles. The zero-order valence-electron chi connectivity index (χ0n) is 24.2. The summed E-state index contributed by atoms with van der Waals surface area (Å²) in [6, 6.07) is 0. The zero-order valence-corrected chi connectivity index (χ0v) is 24.2. The predicted octanol–water partition coefficient (Wildman–Crippen LogP) is 6.85. The molecule has 36 heavy (non-hydrogen) atoms. The van der Waals surface area contributed by atoms with Crippen LogP contribution < -0.4 is 0 Å². The summed E-state index contributed by atoms with van der Waals surface area (Å²) in [5, 5.41) is 22.8. The average Bonchev–Trinajstić information content (AvgIpc) is 3.12. The van der Waals surface area contributed by atoms with E-state index in [-0.39, 0.29) is 45.8 Å². The molecule has 0 heterocycles. The van der Waals surface area contributed by atoms with E-state index < -0.39 is 0 Å². The van der Waals surface area contributed by atoms with Gasteiger partial charge in [-0.15, -0.1) is 0 Å². The van der Waals surface area contributed by atoms with Crippen LogP contribution in [0.2, 0.25) is 0 Å². The molecule has 4 rings (SSSR count). The Bertz CT molecular complexity index is 932. The van der Waals surface area contributed by atoms with Gasteiger partial charge in [0.25, 0.3) is 0 Å². The Balaban J connectivity index is 1.60. The molecule has 0 spiro atoms. The second-order valence-electron chi connectivity index (χ2n) is 14.2. The molecular formula is C32H52O4. The number of aliphatic hydroxyl groups is 2. The molecule has 4 aliphatic carbocycles. The highest BCUT2D eigenvalue weighted by Gasteiger charge is 2.66. The standard InChI is InChI=1S/C32H52O4/c1-19(21(3)28(35)36-9)10-11-20(2)22-14-17-31(7)23-12-13-25-29(4,5)26(33)15-16-30(25,6)24(23)18-27(34)32(22,31)8/h20-22,25-27,33-34H,1,10-18H2,2-9H3/t20-,21?,22-,25+,26-,27+,30-,31+,32+/m1/s1. The molecule has 4 aliphatic rings. The number of rotatable bonds is 6. The van der Waals surface area contributed by atoms with Crippen molar-refractivity contribution in [3.8, 4) is 0 Å². The molecule has 0 aromatic rings. The van der Waals surface area contributed by atoms with Crippen LogP contribution in [0.1, 0.15) is 106 Å². The number of hydrogen-bond donors (Lipinski definition) is 2. The summed E-state index contributed by atoms with van der Waals surface area (Å²) < 4.78 is 4.92. The maximum atomic E-state index is 12.0. The number of allylic oxidation sites excluding steroid dienone is 1. The molecule has 0 aromatic carbocycles. The molecular weight excluding hydrogens is 448 g/mol. The quantitative estimate of drug-likeness (QED) is 0.309. The van der Waals surface area contributed by atoms with E-state index in [0.29, 0.717) is 17.8 Å². The largest absolute Gasteiger partial charge is 0.469 e. The van der Waals surface area contributed by atoms with Crippen molar-refractivity contribution in [1.82, 2.24) is 0 Å². The van der Waals surface area contributed by atoms with Crippen molar-refractivity contribution >= 4 is 5.97 Å². The zero-order chi connectivity index (χ0) is 26.8. The Kier molecular flexibility index (Phi) is 7.17. The molecule has 2 saturated carbocycles. The number of fused-ring (bicyclic) bond motifs is 4. The molecule has 1 unspecified atom stereocenters. The topological polar surface area (TPSA) is 66.8 Å². The number of esters is 1. The molecule has 204 valence electrons. The Morgan fingerprint density at radius 3 is 2.33 bits per heavy atom. The Morgan fingerprint density at radius 1 is 1.03 bits per heavy atom. The van der Waals surface area contributed by atoms with Gasteiger partial charge in [0.15, 0.2) is 0 Å². The van der Waals surface area contributed by atoms with Gasteiger partial charge >= 0.3 is 5.97 Å². The van der Waals surface area contributed by atoms with Gasteiger partial charge in [-0.25, -0.2) is 0 Å². The first-order valence-corrected chi connectivity index (χ1v) is 14.5. The van der Waals surface area contributed by atoms with Crippen LogP contribution in [-0.4, -0.2) is 35.5 Å². The van der Waals surface area contributed by atoms with Crippen LogP contribution in [0.5, 0.6) is 0 Å². The number of hydrogen-bond acceptors (Lipinski definition) is 4. The van der Waals surface area contributed by atoms with Crippen molar-refractivity contribution in [2.45, 2.75) is 118 Å². The van der Waals surface area contributed by atoms with Crippen LogP contribution in [-0.2, 0) is 9.53 Å². The molecule has 0 amide bonds. The molecule has 0 radical (unpaired) electrons. The Labute approximate surface area is 220 Å². The number of carbonyl (C=O) groups is 1. The van der Waals surface area contributed by atoms with E-state index in [2.05, 4.69) is 48.1 Å². The van der Waals surface area contributed by atoms with Crippen LogP contribution >= 0.6 is 0 Å². The van der Waals surface area contributed by atoms with E-state index in [9.17, 15) is 15.0 Å². The van der Waals surface area contributed by atoms with Gasteiger partial charge in [0.05, 0.1) is 25.2 Å². The van der Waals surface area contributed by atoms with E-state index in [0.717, 1.165) is 63.4 Å². The van der Waals surface area contributed by atoms with Crippen molar-refractivity contribution in [2.75, 3.05) is 7.11 Å². The van der Waals surface area contributed by atoms with Crippen molar-refractivity contribution in [3.63, 3.8) is 0 Å². The van der Waals surface area contributed by atoms with Crippen LogP contribution in [0.3, 0.4) is 0 Å². The Hall–Kier alpha value is -1.13. The lowest BCUT2D eigenvalue weighted by molar-refractivity contribution is -0.143. The maximum Gasteiger partial charge on any atom is 0.312 e. The summed E-state index contributed by atoms with van der Waals surface area (Å²) in [5.41, 5.74) is 4.00. The first-order chi connectivity index (χ1) is 16.7. The molecule has 2 fully saturated rings. The first-order valence-electron chi connectivity index (χ1n) is 14.5. The summed E-state index contributed by atoms with van der Waals surface area (Å²) in [4.78, 5) is 12.0. The molecule has 4 heteroatoms. The van der Waals surface area contributed by atoms with Crippen molar-refractivity contribution < 1.29 is 19.7 Å². The number of carbonyl (C=O) groups excluding carboxylic acids is 1. The third-order valence-corrected chi connectivity index (χ3v) is 12.6. The summed E-state index contributed by atoms with van der Waals surface area (Å²) in [6.45, 7) is 20.2. The first kappa shape index (κ1) is 27.9. The lowest BCUT2D eigenvalue weighted by Gasteiger charge is -2.63. The highest BCUT2D eigenvalue weighted by Crippen LogP contribution is 2.72. The summed E-state index contributed by atoms with van der Waals surface area (Å²) in [6.07, 6.45) is 8.44. The fourth-order valence-corrected chi connectivity index (χ4v) is 9.81. The minimum atomic E-state index is -0.348. The normalized spacial score (nSPS) is 43.2. The smallest absolute Gasteiger partial charge is 0.312 e. The van der Waals surface area contributed by atoms with Gasteiger partial charge in [-0.3, -0.25) is 4.79 Å². The third kappa shape index (κ3) is 3.79. The highest BCUT2D eigenvalue weighted by molar-refractivity contribution is 5.74. The second kappa shape index (κ2) is 9.26. The van der Waals surface area contributed by atoms with Gasteiger partial charge in [-0.2, -0.15) is 0 Å². The van der Waals surface area contributed by atoms with Gasteiger partial charge in [0.1, 0.15) is 0 Å². The van der Waals surface area contributed by atoms with Gasteiger partial charge in [0.2, 0.25) is 0 Å². The van der Waals surface area contributed by atoms with Crippen LogP contribution in [0.4, 0.5) is 0 Å². The van der Waals surface area contributed by atoms with Gasteiger partial charge in [-0.05, 0) is 98.7 Å². The van der Waals surface area contributed by atoms with E-state index in [1.807, 2.05) is 6.92 Å². The molecule has 0 aliphatic heterocycles. The summed E-state index contributed by atoms with van der Waals surface area (Å²) >= 11 is 0. The summed E-state index contributed by atoms with van der Waals surface area (Å²) in [7, 11) is 1.44. The highest BCUT2D eigenvalue weighted by atomic mass is 16.5. The number of aliphatic hydroxyl groups excluding tert-OH is 2. The van der Waals surface area contributed by atoms with Crippen LogP contribution in [0.25, 0.3) is 0 Å². The van der Waals surface area contributed by atoms with Gasteiger partial charge < -0.3 is 14.9 Å². The molecule has 0 saturated heterocycles. The van der Waals surface area contributed by atoms with E-state index in [4.69, 9.17) is 4.74 Å². The van der Waals surface area contributed by atoms with Gasteiger partial charge in [0, 0.05) is 5.41 Å². The molecule has 9 atom stereocenters. The molecule has 4 nitrogen and oxygen atoms in total. The van der Waals surface area contributed by atoms with Crippen LogP contribution in [0, 0.1) is 45.3 Å².